The molecule has 10 nitrogen and oxygen atoms in total. The van der Waals surface area contributed by atoms with Crippen molar-refractivity contribution < 1.29 is 32.1 Å². The van der Waals surface area contributed by atoms with Crippen LogP contribution in [0.15, 0.2) is 12.1 Å². The number of aromatic nitrogens is 2. The van der Waals surface area contributed by atoms with Crippen molar-refractivity contribution in [3.8, 4) is 23.2 Å². The summed E-state index contributed by atoms with van der Waals surface area (Å²) in [7, 11) is 0. The zero-order valence-electron chi connectivity index (χ0n) is 27.8. The molecule has 0 saturated carbocycles. The molecule has 5 atom stereocenters. The molecule has 51 heavy (non-hydrogen) atoms. The number of nitriles is 1. The van der Waals surface area contributed by atoms with Gasteiger partial charge in [-0.1, -0.05) is 0 Å². The van der Waals surface area contributed by atoms with Crippen molar-refractivity contribution >= 4 is 43.1 Å². The van der Waals surface area contributed by atoms with Crippen LogP contribution >= 0.6 is 11.3 Å². The van der Waals surface area contributed by atoms with Crippen LogP contribution in [-0.4, -0.2) is 101 Å². The van der Waals surface area contributed by atoms with Crippen LogP contribution in [0.3, 0.4) is 0 Å². The number of nitrogens with zero attached hydrogens (tertiary/aromatic N) is 6. The number of β-amino-alcohol motifs (C(OH)–C–C–N with tert-alkyl or cyclic N) is 1. The third kappa shape index (κ3) is 5.16. The molecule has 4 fully saturated rings. The molecule has 3 N–H and O–H groups in total. The molecule has 9 rings (SSSR count). The third-order valence-electron chi connectivity index (χ3n) is 11.6. The van der Waals surface area contributed by atoms with Crippen molar-refractivity contribution in [3.05, 3.63) is 40.5 Å². The van der Waals surface area contributed by atoms with Crippen molar-refractivity contribution in [1.29, 1.82) is 5.26 Å². The number of hydrogen-bond acceptors (Lipinski definition) is 11. The van der Waals surface area contributed by atoms with Crippen molar-refractivity contribution in [2.75, 3.05) is 56.6 Å². The molecule has 2 bridgehead atoms. The van der Waals surface area contributed by atoms with E-state index in [0.717, 1.165) is 43.6 Å². The van der Waals surface area contributed by atoms with Gasteiger partial charge < -0.3 is 25.2 Å². The van der Waals surface area contributed by atoms with E-state index < -0.39 is 36.1 Å². The molecule has 268 valence electrons. The van der Waals surface area contributed by atoms with Crippen molar-refractivity contribution in [3.63, 3.8) is 0 Å². The molecular formula is C36H37F4N7O3S. The molecule has 5 aliphatic heterocycles. The number of halogens is 4. The number of aliphatic hydroxyl groups excluding tert-OH is 1. The van der Waals surface area contributed by atoms with E-state index in [-0.39, 0.29) is 77.1 Å². The van der Waals surface area contributed by atoms with Crippen LogP contribution in [0.4, 0.5) is 28.4 Å². The Morgan fingerprint density at radius 3 is 2.67 bits per heavy atom. The van der Waals surface area contributed by atoms with Crippen molar-refractivity contribution in [2.45, 2.75) is 75.2 Å². The number of piperazine rings is 1. The highest BCUT2D eigenvalue weighted by Gasteiger charge is 2.50. The Hall–Kier alpha value is -3.81. The molecule has 15 heteroatoms. The highest BCUT2D eigenvalue weighted by molar-refractivity contribution is 7.23. The van der Waals surface area contributed by atoms with Crippen molar-refractivity contribution in [1.82, 2.24) is 19.8 Å². The number of fused-ring (bicyclic) bond motifs is 7. The van der Waals surface area contributed by atoms with Crippen LogP contribution in [0.2, 0.25) is 0 Å². The van der Waals surface area contributed by atoms with Gasteiger partial charge in [0.05, 0.1) is 35.8 Å². The molecule has 0 spiro atoms. The number of nitrogen functional groups attached to an aromatic ring is 1. The summed E-state index contributed by atoms with van der Waals surface area (Å²) in [6.07, 6.45) is 1.60. The fraction of sp³-hybridized carbons (Fsp3) is 0.528. The molecule has 4 saturated heterocycles. The molecule has 0 aliphatic carbocycles. The maximum absolute atomic E-state index is 17.5. The van der Waals surface area contributed by atoms with Gasteiger partial charge in [-0.25, -0.2) is 17.6 Å². The summed E-state index contributed by atoms with van der Waals surface area (Å²) in [5.41, 5.74) is 6.69. The minimum atomic E-state index is -1.08. The van der Waals surface area contributed by atoms with E-state index in [1.165, 1.54) is 12.1 Å². The van der Waals surface area contributed by atoms with Gasteiger partial charge in [0.15, 0.2) is 5.82 Å². The fourth-order valence-electron chi connectivity index (χ4n) is 9.52. The standard InChI is InChI=1S/C36H37F4N7O3S/c37-9-21(48)14-45-12-19-2-3-20(13-45)47(19)34-29-24-16-49-15-23(24)28(30-25(39)4-5-26-27(30)22(10-41)33(42)51-26)31(40)32(29)43-35(44-34)50-17-36-6-1-7-46(36)11-18(38)8-36/h4-5,18-21,48H,1-3,6-9,11-17,42H2/t18-,19?,20?,21?,36+/m1/s1. The minimum absolute atomic E-state index is 0.0110. The van der Waals surface area contributed by atoms with Gasteiger partial charge in [0.2, 0.25) is 0 Å². The highest BCUT2D eigenvalue weighted by Crippen LogP contribution is 2.49. The molecule has 3 unspecified atom stereocenters. The van der Waals surface area contributed by atoms with E-state index in [4.69, 9.17) is 20.2 Å². The summed E-state index contributed by atoms with van der Waals surface area (Å²) < 4.78 is 74.3. The predicted molar refractivity (Wildman–Crippen MR) is 184 cm³/mol. The van der Waals surface area contributed by atoms with E-state index >= 15 is 8.78 Å². The fourth-order valence-corrected chi connectivity index (χ4v) is 10.5. The average Bonchev–Trinajstić information content (AvgIpc) is 3.92. The second-order valence-electron chi connectivity index (χ2n) is 14.6. The lowest BCUT2D eigenvalue weighted by molar-refractivity contribution is 0.0794. The summed E-state index contributed by atoms with van der Waals surface area (Å²) in [6, 6.07) is 4.69. The Morgan fingerprint density at radius 1 is 1.12 bits per heavy atom. The van der Waals surface area contributed by atoms with Gasteiger partial charge in [0.1, 0.15) is 47.7 Å². The lowest BCUT2D eigenvalue weighted by atomic mass is 9.90. The van der Waals surface area contributed by atoms with E-state index in [1.54, 1.807) is 0 Å². The Balaban J connectivity index is 1.23. The molecule has 0 amide bonds. The molecule has 5 aliphatic rings. The lowest BCUT2D eigenvalue weighted by Crippen LogP contribution is -2.55. The zero-order chi connectivity index (χ0) is 35.2. The van der Waals surface area contributed by atoms with Crippen molar-refractivity contribution in [2.24, 2.45) is 0 Å². The Labute approximate surface area is 295 Å². The number of hydrogen-bond donors (Lipinski definition) is 2. The number of ether oxygens (including phenoxy) is 2. The number of nitrogens with two attached hydrogens (primary N) is 1. The molecule has 0 radical (unpaired) electrons. The lowest BCUT2D eigenvalue weighted by Gasteiger charge is -2.42. The average molecular weight is 724 g/mol. The molecule has 7 heterocycles. The molecule has 2 aromatic carbocycles. The number of benzene rings is 2. The number of alkyl halides is 2. The normalized spacial score (nSPS) is 26.7. The molecular weight excluding hydrogens is 687 g/mol. The Kier molecular flexibility index (Phi) is 8.04. The zero-order valence-corrected chi connectivity index (χ0v) is 28.6. The predicted octanol–water partition coefficient (Wildman–Crippen LogP) is 5.21. The van der Waals surface area contributed by atoms with E-state index in [0.29, 0.717) is 53.1 Å². The molecule has 4 aromatic rings. The first kappa shape index (κ1) is 33.1. The monoisotopic (exact) mass is 723 g/mol. The van der Waals surface area contributed by atoms with E-state index in [2.05, 4.69) is 25.8 Å². The van der Waals surface area contributed by atoms with Gasteiger partial charge in [-0.2, -0.15) is 15.2 Å². The quantitative estimate of drug-likeness (QED) is 0.234. The summed E-state index contributed by atoms with van der Waals surface area (Å²) in [6.45, 7) is 1.85. The maximum Gasteiger partial charge on any atom is 0.319 e. The minimum Gasteiger partial charge on any atom is -0.461 e. The number of likely N-dealkylation sites (tertiary alicyclic amines) is 1. The van der Waals surface area contributed by atoms with Crippen LogP contribution < -0.4 is 15.4 Å². The summed E-state index contributed by atoms with van der Waals surface area (Å²) in [5, 5.41) is 21.0. The second kappa shape index (κ2) is 12.4. The topological polar surface area (TPSA) is 124 Å². The highest BCUT2D eigenvalue weighted by atomic mass is 32.1. The van der Waals surface area contributed by atoms with E-state index in [9.17, 15) is 19.1 Å². The number of rotatable bonds is 8. The van der Waals surface area contributed by atoms with Gasteiger partial charge in [-0.15, -0.1) is 11.3 Å². The second-order valence-corrected chi connectivity index (χ2v) is 15.7. The van der Waals surface area contributed by atoms with E-state index in [1.807, 2.05) is 0 Å². The van der Waals surface area contributed by atoms with Gasteiger partial charge in [-0.3, -0.25) is 9.80 Å². The van der Waals surface area contributed by atoms with Gasteiger partial charge in [0, 0.05) is 65.9 Å². The summed E-state index contributed by atoms with van der Waals surface area (Å²) in [5.74, 6) is -1.01. The number of anilines is 2. The number of thiophene rings is 1. The third-order valence-corrected chi connectivity index (χ3v) is 12.6. The number of aliphatic hydroxyl groups is 1. The Morgan fingerprint density at radius 2 is 1.90 bits per heavy atom. The first-order valence-electron chi connectivity index (χ1n) is 17.5. The first-order valence-corrected chi connectivity index (χ1v) is 18.3. The van der Waals surface area contributed by atoms with Gasteiger partial charge in [-0.05, 0) is 55.5 Å². The van der Waals surface area contributed by atoms with Crippen LogP contribution in [0.25, 0.3) is 32.1 Å². The largest absolute Gasteiger partial charge is 0.461 e. The van der Waals surface area contributed by atoms with Gasteiger partial charge in [0.25, 0.3) is 0 Å². The van der Waals surface area contributed by atoms with Crippen LogP contribution in [0.5, 0.6) is 6.01 Å². The van der Waals surface area contributed by atoms with Crippen LogP contribution in [0.1, 0.15) is 48.8 Å². The smallest absolute Gasteiger partial charge is 0.319 e. The van der Waals surface area contributed by atoms with Gasteiger partial charge >= 0.3 is 6.01 Å². The van der Waals surface area contributed by atoms with Crippen LogP contribution in [0, 0.1) is 23.0 Å². The van der Waals surface area contributed by atoms with Crippen LogP contribution in [-0.2, 0) is 18.0 Å². The summed E-state index contributed by atoms with van der Waals surface area (Å²) >= 11 is 1.14. The molecule has 2 aromatic heterocycles. The summed E-state index contributed by atoms with van der Waals surface area (Å²) in [4.78, 5) is 16.0. The SMILES string of the molecule is N#Cc1c(N)sc2ccc(F)c(-c3c4c(c5c(N6C7CCC6CN(CC(O)CF)C7)nc(OC[C@@]67CCCN6C[C@H](F)C7)nc5c3F)COC4)c12. The first-order chi connectivity index (χ1) is 24.7. The Bertz CT molecular complexity index is 2100. The maximum atomic E-state index is 17.5.